The highest BCUT2D eigenvalue weighted by molar-refractivity contribution is 9.10. The first-order valence-corrected chi connectivity index (χ1v) is 15.6. The SMILES string of the molecule is C[C@@H]1CN(C(=O)c2cc(Br)cc([N+](=O)[O-])c2N[C@@H]2CCCN(C(=O)[C@H]3CN(C(=O)OC(C)(C)C)CC(F)(F)C3)C2)C[C@H](C)O1. The fourth-order valence-corrected chi connectivity index (χ4v) is 6.50. The second-order valence-electron chi connectivity index (χ2n) is 13.0. The molecule has 3 aliphatic rings. The molecule has 244 valence electrons. The van der Waals surface area contributed by atoms with Crippen LogP contribution in [-0.2, 0) is 14.3 Å². The van der Waals surface area contributed by atoms with Gasteiger partial charge in [-0.25, -0.2) is 13.6 Å². The van der Waals surface area contributed by atoms with Crippen molar-refractivity contribution < 1.29 is 37.6 Å². The van der Waals surface area contributed by atoms with Crippen molar-refractivity contribution in [2.24, 2.45) is 5.92 Å². The van der Waals surface area contributed by atoms with Crippen LogP contribution in [-0.4, -0.2) is 107 Å². The average molecular weight is 689 g/mol. The predicted octanol–water partition coefficient (Wildman–Crippen LogP) is 4.90. The number of alkyl halides is 2. The van der Waals surface area contributed by atoms with E-state index in [-0.39, 0.29) is 42.2 Å². The Balaban J connectivity index is 1.54. The number of benzene rings is 1. The molecule has 12 nitrogen and oxygen atoms in total. The van der Waals surface area contributed by atoms with Crippen molar-refractivity contribution in [3.05, 3.63) is 32.3 Å². The van der Waals surface area contributed by atoms with Gasteiger partial charge in [0.1, 0.15) is 11.3 Å². The molecule has 3 aliphatic heterocycles. The van der Waals surface area contributed by atoms with Crippen LogP contribution in [0.1, 0.15) is 64.2 Å². The number of piperidine rings is 2. The predicted molar refractivity (Wildman–Crippen MR) is 161 cm³/mol. The summed E-state index contributed by atoms with van der Waals surface area (Å²) in [6.45, 7) is 8.59. The third-order valence-corrected chi connectivity index (χ3v) is 8.16. The molecule has 3 fully saturated rings. The number of rotatable bonds is 5. The van der Waals surface area contributed by atoms with Crippen molar-refractivity contribution in [1.82, 2.24) is 14.7 Å². The van der Waals surface area contributed by atoms with Gasteiger partial charge in [-0.15, -0.1) is 0 Å². The van der Waals surface area contributed by atoms with Gasteiger partial charge in [-0.2, -0.15) is 0 Å². The number of hydrogen-bond acceptors (Lipinski definition) is 8. The number of halogens is 3. The monoisotopic (exact) mass is 687 g/mol. The summed E-state index contributed by atoms with van der Waals surface area (Å²) >= 11 is 3.29. The largest absolute Gasteiger partial charge is 0.444 e. The summed E-state index contributed by atoms with van der Waals surface area (Å²) in [6.07, 6.45) is -0.991. The molecule has 4 rings (SSSR count). The molecule has 0 bridgehead atoms. The Kier molecular flexibility index (Phi) is 10.1. The van der Waals surface area contributed by atoms with E-state index in [4.69, 9.17) is 9.47 Å². The summed E-state index contributed by atoms with van der Waals surface area (Å²) in [5.41, 5.74) is -1.05. The van der Waals surface area contributed by atoms with Crippen molar-refractivity contribution in [2.75, 3.05) is 44.6 Å². The van der Waals surface area contributed by atoms with Crippen molar-refractivity contribution in [1.29, 1.82) is 0 Å². The van der Waals surface area contributed by atoms with Gasteiger partial charge in [0.15, 0.2) is 0 Å². The molecular weight excluding hydrogens is 648 g/mol. The normalized spacial score (nSPS) is 25.8. The van der Waals surface area contributed by atoms with E-state index in [2.05, 4.69) is 21.2 Å². The van der Waals surface area contributed by atoms with Crippen molar-refractivity contribution in [2.45, 2.75) is 83.7 Å². The molecule has 1 N–H and O–H groups in total. The highest BCUT2D eigenvalue weighted by atomic mass is 79.9. The third-order valence-electron chi connectivity index (χ3n) is 7.71. The van der Waals surface area contributed by atoms with Crippen LogP contribution < -0.4 is 5.32 Å². The maximum absolute atomic E-state index is 14.7. The maximum Gasteiger partial charge on any atom is 0.410 e. The fraction of sp³-hybridized carbons (Fsp3) is 0.690. The van der Waals surface area contributed by atoms with E-state index in [1.54, 1.807) is 25.7 Å². The van der Waals surface area contributed by atoms with Crippen LogP contribution in [0.25, 0.3) is 0 Å². The number of amides is 3. The third kappa shape index (κ3) is 8.34. The lowest BCUT2D eigenvalue weighted by atomic mass is 9.92. The number of likely N-dealkylation sites (tertiary alicyclic amines) is 2. The van der Waals surface area contributed by atoms with Crippen molar-refractivity contribution >= 4 is 45.2 Å². The van der Waals surface area contributed by atoms with Gasteiger partial charge >= 0.3 is 6.09 Å². The topological polar surface area (TPSA) is 135 Å². The molecule has 15 heteroatoms. The molecule has 1 aromatic carbocycles. The van der Waals surface area contributed by atoms with Crippen molar-refractivity contribution in [3.63, 3.8) is 0 Å². The van der Waals surface area contributed by atoms with Gasteiger partial charge in [-0.3, -0.25) is 19.7 Å². The van der Waals surface area contributed by atoms with Gasteiger partial charge in [-0.1, -0.05) is 15.9 Å². The number of morpholine rings is 1. The van der Waals surface area contributed by atoms with Crippen LogP contribution in [0.15, 0.2) is 16.6 Å². The van der Waals surface area contributed by atoms with Crippen molar-refractivity contribution in [3.8, 4) is 0 Å². The van der Waals surface area contributed by atoms with E-state index in [0.717, 1.165) is 4.90 Å². The molecule has 0 spiro atoms. The van der Waals surface area contributed by atoms with Crippen LogP contribution in [0, 0.1) is 16.0 Å². The Morgan fingerprint density at radius 2 is 1.75 bits per heavy atom. The lowest BCUT2D eigenvalue weighted by Gasteiger charge is -2.41. The zero-order valence-electron chi connectivity index (χ0n) is 25.6. The molecular formula is C29H40BrF2N5O7. The zero-order chi connectivity index (χ0) is 32.6. The molecule has 44 heavy (non-hydrogen) atoms. The van der Waals surface area contributed by atoms with E-state index in [9.17, 15) is 33.3 Å². The van der Waals surface area contributed by atoms with E-state index in [1.807, 2.05) is 13.8 Å². The number of carbonyl (C=O) groups is 3. The molecule has 0 radical (unpaired) electrons. The number of nitrogens with one attached hydrogen (secondary N) is 1. The molecule has 4 atom stereocenters. The summed E-state index contributed by atoms with van der Waals surface area (Å²) < 4.78 is 40.8. The molecule has 3 saturated heterocycles. The number of nitrogens with zero attached hydrogens (tertiary/aromatic N) is 4. The number of nitro benzene ring substituents is 1. The highest BCUT2D eigenvalue weighted by Crippen LogP contribution is 2.36. The first kappa shape index (κ1) is 33.8. The van der Waals surface area contributed by atoms with Crippen LogP contribution in [0.2, 0.25) is 0 Å². The Morgan fingerprint density at radius 1 is 1.09 bits per heavy atom. The van der Waals surface area contributed by atoms with Crippen LogP contribution in [0.3, 0.4) is 0 Å². The van der Waals surface area contributed by atoms with Crippen LogP contribution >= 0.6 is 15.9 Å². The minimum Gasteiger partial charge on any atom is -0.444 e. The van der Waals surface area contributed by atoms with E-state index < -0.39 is 59.3 Å². The molecule has 3 heterocycles. The Hall–Kier alpha value is -3.07. The summed E-state index contributed by atoms with van der Waals surface area (Å²) in [6, 6.07) is 2.35. The van der Waals surface area contributed by atoms with Gasteiger partial charge in [0.2, 0.25) is 5.91 Å². The highest BCUT2D eigenvalue weighted by Gasteiger charge is 2.47. The van der Waals surface area contributed by atoms with Gasteiger partial charge in [0, 0.05) is 55.7 Å². The summed E-state index contributed by atoms with van der Waals surface area (Å²) in [5, 5.41) is 15.3. The number of ether oxygens (including phenoxy) is 2. The molecule has 0 unspecified atom stereocenters. The Morgan fingerprint density at radius 3 is 2.36 bits per heavy atom. The molecule has 1 aromatic rings. The minimum absolute atomic E-state index is 0.0367. The van der Waals surface area contributed by atoms with Gasteiger partial charge in [-0.05, 0) is 53.5 Å². The standard InChI is InChI=1S/C29H40BrF2N5O7/c1-17-12-35(13-18(2)43-17)26(39)22-9-20(30)10-23(37(41)42)24(22)33-21-7-6-8-34(15-21)25(38)19-11-29(31,32)16-36(14-19)27(40)44-28(3,4)5/h9-10,17-19,21,33H,6-8,11-16H2,1-5H3/t17-,18+,19-,21-/m1/s1. The molecule has 0 aliphatic carbocycles. The van der Waals surface area contributed by atoms with E-state index in [1.165, 1.54) is 17.0 Å². The number of anilines is 1. The molecule has 3 amide bonds. The molecule has 0 saturated carbocycles. The van der Waals surface area contributed by atoms with Gasteiger partial charge < -0.3 is 29.5 Å². The minimum atomic E-state index is -3.27. The average Bonchev–Trinajstić information content (AvgIpc) is 2.90. The lowest BCUT2D eigenvalue weighted by Crippen LogP contribution is -2.56. The summed E-state index contributed by atoms with van der Waals surface area (Å²) in [4.78, 5) is 55.3. The van der Waals surface area contributed by atoms with E-state index in [0.29, 0.717) is 36.9 Å². The summed E-state index contributed by atoms with van der Waals surface area (Å²) in [5.74, 6) is -5.34. The van der Waals surface area contributed by atoms with Gasteiger partial charge in [0.05, 0.1) is 35.2 Å². The molecule has 0 aromatic heterocycles. The first-order valence-electron chi connectivity index (χ1n) is 14.8. The zero-order valence-corrected chi connectivity index (χ0v) is 27.2. The quantitative estimate of drug-likeness (QED) is 0.341. The Labute approximate surface area is 263 Å². The summed E-state index contributed by atoms with van der Waals surface area (Å²) in [7, 11) is 0. The second-order valence-corrected chi connectivity index (χ2v) is 13.9. The van der Waals surface area contributed by atoms with E-state index >= 15 is 0 Å². The number of hydrogen-bond donors (Lipinski definition) is 1. The van der Waals surface area contributed by atoms with Crippen LogP contribution in [0.4, 0.5) is 25.0 Å². The fourth-order valence-electron chi connectivity index (χ4n) is 6.06. The number of carbonyl (C=O) groups excluding carboxylic acids is 3. The Bertz CT molecular complexity index is 1280. The second kappa shape index (κ2) is 13.1. The lowest BCUT2D eigenvalue weighted by molar-refractivity contribution is -0.384. The van der Waals surface area contributed by atoms with Gasteiger partial charge in [0.25, 0.3) is 17.5 Å². The van der Waals surface area contributed by atoms with Crippen LogP contribution in [0.5, 0.6) is 0 Å². The first-order chi connectivity index (χ1) is 20.4. The smallest absolute Gasteiger partial charge is 0.410 e. The maximum atomic E-state index is 14.7. The number of nitro groups is 1.